The summed E-state index contributed by atoms with van der Waals surface area (Å²) in [6, 6.07) is 0. The number of hydrogen-bond acceptors (Lipinski definition) is 5. The summed E-state index contributed by atoms with van der Waals surface area (Å²) in [5.74, 6) is -0.256. The normalized spacial score (nSPS) is 24.2. The Labute approximate surface area is 95.7 Å². The predicted molar refractivity (Wildman–Crippen MR) is 56.7 cm³/mol. The van der Waals surface area contributed by atoms with Crippen molar-refractivity contribution in [3.63, 3.8) is 0 Å². The number of aliphatic hydroxyl groups is 1. The highest BCUT2D eigenvalue weighted by Crippen LogP contribution is 2.23. The molecule has 1 aliphatic rings. The van der Waals surface area contributed by atoms with E-state index >= 15 is 0 Å². The molecule has 2 N–H and O–H groups in total. The minimum atomic E-state index is -0.890. The zero-order chi connectivity index (χ0) is 12.6. The van der Waals surface area contributed by atoms with Gasteiger partial charge in [0, 0.05) is 11.8 Å². The summed E-state index contributed by atoms with van der Waals surface area (Å²) >= 11 is 0. The maximum Gasteiger partial charge on any atom is 0.330 e. The molecule has 1 aromatic rings. The zero-order valence-electron chi connectivity index (χ0n) is 9.17. The van der Waals surface area contributed by atoms with Crippen LogP contribution in [0.1, 0.15) is 18.2 Å². The van der Waals surface area contributed by atoms with E-state index in [0.29, 0.717) is 5.56 Å². The number of hydrogen-bond donors (Lipinski definition) is 2. The SMILES string of the molecule is Cc1cn([C@@H]2CC(=O)[C@H](CO)O2)c(=O)[nH]c1=O. The van der Waals surface area contributed by atoms with Gasteiger partial charge in [0.05, 0.1) is 13.0 Å². The summed E-state index contributed by atoms with van der Waals surface area (Å²) in [5.41, 5.74) is -0.737. The van der Waals surface area contributed by atoms with Crippen LogP contribution in [0.2, 0.25) is 0 Å². The van der Waals surface area contributed by atoms with Crippen LogP contribution in [0.3, 0.4) is 0 Å². The predicted octanol–water partition coefficient (Wildman–Crippen LogP) is -1.31. The molecule has 2 heterocycles. The Balaban J connectivity index is 2.37. The van der Waals surface area contributed by atoms with Crippen LogP contribution in [0.5, 0.6) is 0 Å². The average Bonchev–Trinajstić information content (AvgIpc) is 2.65. The number of ether oxygens (including phenoxy) is 1. The monoisotopic (exact) mass is 240 g/mol. The first kappa shape index (κ1) is 11.7. The third-order valence-electron chi connectivity index (χ3n) is 2.68. The molecular weight excluding hydrogens is 228 g/mol. The van der Waals surface area contributed by atoms with Gasteiger partial charge in [0.2, 0.25) is 0 Å². The summed E-state index contributed by atoms with van der Waals surface area (Å²) < 4.78 is 6.38. The van der Waals surface area contributed by atoms with Gasteiger partial charge >= 0.3 is 5.69 Å². The Hall–Kier alpha value is -1.73. The van der Waals surface area contributed by atoms with Crippen LogP contribution in [-0.4, -0.2) is 33.2 Å². The van der Waals surface area contributed by atoms with Gasteiger partial charge in [0.15, 0.2) is 5.78 Å². The number of Topliss-reactive ketones (excluding diaryl/α,β-unsaturated/α-hetero) is 1. The van der Waals surface area contributed by atoms with E-state index in [4.69, 9.17) is 9.84 Å². The number of aromatic amines is 1. The molecular formula is C10H12N2O5. The maximum atomic E-state index is 11.5. The minimum absolute atomic E-state index is 0.0105. The first-order valence-corrected chi connectivity index (χ1v) is 5.14. The van der Waals surface area contributed by atoms with E-state index in [1.54, 1.807) is 6.92 Å². The van der Waals surface area contributed by atoms with Crippen molar-refractivity contribution in [1.82, 2.24) is 9.55 Å². The molecule has 0 radical (unpaired) electrons. The zero-order valence-corrected chi connectivity index (χ0v) is 9.17. The number of carbonyl (C=O) groups is 1. The fourth-order valence-electron chi connectivity index (χ4n) is 1.73. The number of carbonyl (C=O) groups excluding carboxylic acids is 1. The molecule has 1 fully saturated rings. The lowest BCUT2D eigenvalue weighted by Crippen LogP contribution is -2.33. The molecule has 1 aliphatic heterocycles. The summed E-state index contributed by atoms with van der Waals surface area (Å²) in [7, 11) is 0. The van der Waals surface area contributed by atoms with Gasteiger partial charge in [-0.15, -0.1) is 0 Å². The summed E-state index contributed by atoms with van der Waals surface area (Å²) in [4.78, 5) is 36.2. The Morgan fingerprint density at radius 2 is 2.24 bits per heavy atom. The number of nitrogens with zero attached hydrogens (tertiary/aromatic N) is 1. The van der Waals surface area contributed by atoms with E-state index in [0.717, 1.165) is 4.57 Å². The molecule has 92 valence electrons. The molecule has 1 saturated heterocycles. The standard InChI is InChI=1S/C10H12N2O5/c1-5-3-12(10(16)11-9(5)15)8-2-6(14)7(4-13)17-8/h3,7-8,13H,2,4H2,1H3,(H,11,15,16)/t7-,8-/m0/s1. The Morgan fingerprint density at radius 3 is 2.82 bits per heavy atom. The second kappa shape index (κ2) is 4.27. The van der Waals surface area contributed by atoms with Crippen molar-refractivity contribution < 1.29 is 14.6 Å². The lowest BCUT2D eigenvalue weighted by Gasteiger charge is -2.13. The number of aromatic nitrogens is 2. The van der Waals surface area contributed by atoms with Crippen molar-refractivity contribution in [2.45, 2.75) is 25.7 Å². The van der Waals surface area contributed by atoms with E-state index in [1.165, 1.54) is 6.20 Å². The first-order valence-electron chi connectivity index (χ1n) is 5.14. The Bertz CT molecular complexity index is 559. The van der Waals surface area contributed by atoms with Gasteiger partial charge in [-0.25, -0.2) is 4.79 Å². The molecule has 1 aromatic heterocycles. The molecule has 2 atom stereocenters. The molecule has 0 amide bonds. The van der Waals surface area contributed by atoms with Crippen LogP contribution in [0, 0.1) is 6.92 Å². The second-order valence-electron chi connectivity index (χ2n) is 3.91. The van der Waals surface area contributed by atoms with Crippen LogP contribution < -0.4 is 11.2 Å². The quantitative estimate of drug-likeness (QED) is 0.668. The molecule has 0 aliphatic carbocycles. The fraction of sp³-hybridized carbons (Fsp3) is 0.500. The van der Waals surface area contributed by atoms with Gasteiger partial charge in [-0.3, -0.25) is 19.1 Å². The lowest BCUT2D eigenvalue weighted by molar-refractivity contribution is -0.124. The van der Waals surface area contributed by atoms with Gasteiger partial charge in [0.1, 0.15) is 12.3 Å². The van der Waals surface area contributed by atoms with Gasteiger partial charge in [-0.1, -0.05) is 0 Å². The highest BCUT2D eigenvalue weighted by molar-refractivity contribution is 5.85. The van der Waals surface area contributed by atoms with E-state index < -0.39 is 30.2 Å². The second-order valence-corrected chi connectivity index (χ2v) is 3.91. The van der Waals surface area contributed by atoms with Crippen LogP contribution in [0.15, 0.2) is 15.8 Å². The van der Waals surface area contributed by atoms with Crippen LogP contribution in [0.4, 0.5) is 0 Å². The van der Waals surface area contributed by atoms with E-state index in [2.05, 4.69) is 4.98 Å². The van der Waals surface area contributed by atoms with E-state index in [-0.39, 0.29) is 12.2 Å². The average molecular weight is 240 g/mol. The van der Waals surface area contributed by atoms with Crippen molar-refractivity contribution in [3.8, 4) is 0 Å². The summed E-state index contributed by atoms with van der Waals surface area (Å²) in [5, 5.41) is 8.88. The van der Waals surface area contributed by atoms with E-state index in [1.807, 2.05) is 0 Å². The molecule has 0 unspecified atom stereocenters. The minimum Gasteiger partial charge on any atom is -0.393 e. The first-order chi connectivity index (χ1) is 8.02. The molecule has 0 spiro atoms. The van der Waals surface area contributed by atoms with Gasteiger partial charge in [-0.2, -0.15) is 0 Å². The van der Waals surface area contributed by atoms with Crippen molar-refractivity contribution in [2.75, 3.05) is 6.61 Å². The largest absolute Gasteiger partial charge is 0.393 e. The molecule has 7 nitrogen and oxygen atoms in total. The molecule has 2 rings (SSSR count). The van der Waals surface area contributed by atoms with Crippen molar-refractivity contribution >= 4 is 5.78 Å². The lowest BCUT2D eigenvalue weighted by atomic mass is 10.2. The third kappa shape index (κ3) is 2.06. The Morgan fingerprint density at radius 1 is 1.53 bits per heavy atom. The summed E-state index contributed by atoms with van der Waals surface area (Å²) in [6.45, 7) is 1.14. The van der Waals surface area contributed by atoms with Crippen LogP contribution >= 0.6 is 0 Å². The number of H-pyrrole nitrogens is 1. The number of nitrogens with one attached hydrogen (secondary N) is 1. The molecule has 0 aromatic carbocycles. The number of aryl methyl sites for hydroxylation is 1. The highest BCUT2D eigenvalue weighted by Gasteiger charge is 2.34. The molecule has 17 heavy (non-hydrogen) atoms. The topological polar surface area (TPSA) is 101 Å². The van der Waals surface area contributed by atoms with Gasteiger partial charge < -0.3 is 9.84 Å². The maximum absolute atomic E-state index is 11.5. The number of rotatable bonds is 2. The number of aliphatic hydroxyl groups excluding tert-OH is 1. The fourth-order valence-corrected chi connectivity index (χ4v) is 1.73. The van der Waals surface area contributed by atoms with Crippen molar-refractivity contribution in [2.24, 2.45) is 0 Å². The van der Waals surface area contributed by atoms with Crippen molar-refractivity contribution in [3.05, 3.63) is 32.6 Å². The van der Waals surface area contributed by atoms with Gasteiger partial charge in [-0.05, 0) is 6.92 Å². The van der Waals surface area contributed by atoms with Crippen LogP contribution in [0.25, 0.3) is 0 Å². The summed E-state index contributed by atoms with van der Waals surface area (Å²) in [6.07, 6.45) is -0.294. The van der Waals surface area contributed by atoms with Crippen molar-refractivity contribution in [1.29, 1.82) is 0 Å². The van der Waals surface area contributed by atoms with Gasteiger partial charge in [0.25, 0.3) is 5.56 Å². The molecule has 0 saturated carbocycles. The number of ketones is 1. The molecule has 7 heteroatoms. The highest BCUT2D eigenvalue weighted by atomic mass is 16.5. The third-order valence-corrected chi connectivity index (χ3v) is 2.68. The Kier molecular flexibility index (Phi) is 2.95. The molecule has 0 bridgehead atoms. The smallest absolute Gasteiger partial charge is 0.330 e. The van der Waals surface area contributed by atoms with E-state index in [9.17, 15) is 14.4 Å². The van der Waals surface area contributed by atoms with Crippen LogP contribution in [-0.2, 0) is 9.53 Å².